The van der Waals surface area contributed by atoms with Crippen molar-refractivity contribution >= 4 is 39.4 Å². The third-order valence-corrected chi connectivity index (χ3v) is 6.85. The summed E-state index contributed by atoms with van der Waals surface area (Å²) in [5, 5.41) is 4.32. The normalized spacial score (nSPS) is 15.1. The molecule has 3 aromatic rings. The number of fused-ring (bicyclic) bond motifs is 1. The first-order valence-electron chi connectivity index (χ1n) is 10.7. The van der Waals surface area contributed by atoms with Gasteiger partial charge in [-0.2, -0.15) is 0 Å². The number of rotatable bonds is 6. The van der Waals surface area contributed by atoms with E-state index in [-0.39, 0.29) is 12.5 Å². The van der Waals surface area contributed by atoms with Gasteiger partial charge in [-0.1, -0.05) is 42.5 Å². The van der Waals surface area contributed by atoms with Crippen molar-refractivity contribution in [2.75, 3.05) is 44.6 Å². The van der Waals surface area contributed by atoms with Crippen LogP contribution in [-0.4, -0.2) is 64.9 Å². The molecule has 31 heavy (non-hydrogen) atoms. The second-order valence-corrected chi connectivity index (χ2v) is 9.13. The Hall–Kier alpha value is -2.77. The van der Waals surface area contributed by atoms with Crippen molar-refractivity contribution in [3.05, 3.63) is 58.2 Å². The van der Waals surface area contributed by atoms with Gasteiger partial charge >= 0.3 is 0 Å². The van der Waals surface area contributed by atoms with E-state index in [9.17, 15) is 4.79 Å². The molecular formula is C24H29N5OS. The van der Waals surface area contributed by atoms with E-state index in [4.69, 9.17) is 0 Å². The lowest BCUT2D eigenvalue weighted by atomic mass is 10.2. The maximum absolute atomic E-state index is 12.8. The van der Waals surface area contributed by atoms with Gasteiger partial charge in [0.1, 0.15) is 16.5 Å². The first kappa shape index (κ1) is 21.5. The highest BCUT2D eigenvalue weighted by Gasteiger charge is 2.21. The highest BCUT2D eigenvalue weighted by Crippen LogP contribution is 2.33. The average Bonchev–Trinajstić information content (AvgIpc) is 3.06. The fourth-order valence-electron chi connectivity index (χ4n) is 3.84. The van der Waals surface area contributed by atoms with Crippen LogP contribution in [0.3, 0.4) is 0 Å². The Morgan fingerprint density at radius 1 is 1.10 bits per heavy atom. The second-order valence-electron chi connectivity index (χ2n) is 7.93. The number of aryl methyl sites for hydroxylation is 3. The molecule has 4 rings (SSSR count). The summed E-state index contributed by atoms with van der Waals surface area (Å²) in [6.07, 6.45) is 4.35. The van der Waals surface area contributed by atoms with Gasteiger partial charge in [0.2, 0.25) is 5.91 Å². The lowest BCUT2D eigenvalue weighted by Gasteiger charge is -2.34. The lowest BCUT2D eigenvalue weighted by Crippen LogP contribution is -2.50. The quantitative estimate of drug-likeness (QED) is 0.637. The van der Waals surface area contributed by atoms with E-state index in [0.717, 1.165) is 54.6 Å². The van der Waals surface area contributed by atoms with E-state index in [0.29, 0.717) is 0 Å². The van der Waals surface area contributed by atoms with Crippen LogP contribution in [0.5, 0.6) is 0 Å². The third-order valence-electron chi connectivity index (χ3n) is 5.75. The molecule has 162 valence electrons. The molecule has 0 atom stereocenters. The molecule has 1 saturated heterocycles. The summed E-state index contributed by atoms with van der Waals surface area (Å²) in [6.45, 7) is 10.5. The number of amides is 1. The number of nitrogens with one attached hydrogen (secondary N) is 1. The largest absolute Gasteiger partial charge is 0.360 e. The van der Waals surface area contributed by atoms with Crippen LogP contribution < -0.4 is 5.32 Å². The highest BCUT2D eigenvalue weighted by molar-refractivity contribution is 7.18. The van der Waals surface area contributed by atoms with Crippen LogP contribution in [-0.2, 0) is 4.79 Å². The zero-order valence-corrected chi connectivity index (χ0v) is 19.2. The monoisotopic (exact) mass is 435 g/mol. The van der Waals surface area contributed by atoms with Gasteiger partial charge in [0.15, 0.2) is 0 Å². The van der Waals surface area contributed by atoms with Crippen LogP contribution in [0.4, 0.5) is 5.82 Å². The van der Waals surface area contributed by atoms with Crippen LogP contribution in [0.1, 0.15) is 21.8 Å². The molecule has 2 aromatic heterocycles. The molecule has 1 fully saturated rings. The first-order chi connectivity index (χ1) is 15.0. The number of benzene rings is 1. The molecule has 0 spiro atoms. The van der Waals surface area contributed by atoms with Gasteiger partial charge in [0, 0.05) is 37.6 Å². The fraction of sp³-hybridized carbons (Fsp3) is 0.375. The van der Waals surface area contributed by atoms with Crippen LogP contribution in [0.15, 0.2) is 36.4 Å². The third kappa shape index (κ3) is 5.11. The number of thiophene rings is 1. The molecule has 0 unspecified atom stereocenters. The van der Waals surface area contributed by atoms with Crippen molar-refractivity contribution in [3.8, 4) is 0 Å². The Morgan fingerprint density at radius 3 is 2.58 bits per heavy atom. The van der Waals surface area contributed by atoms with E-state index in [1.54, 1.807) is 11.3 Å². The van der Waals surface area contributed by atoms with E-state index >= 15 is 0 Å². The Kier molecular flexibility index (Phi) is 6.63. The number of anilines is 1. The number of nitrogens with zero attached hydrogens (tertiary/aromatic N) is 4. The zero-order valence-electron chi connectivity index (χ0n) is 18.4. The minimum absolute atomic E-state index is 0.119. The van der Waals surface area contributed by atoms with Crippen molar-refractivity contribution in [3.63, 3.8) is 0 Å². The van der Waals surface area contributed by atoms with E-state index in [2.05, 4.69) is 58.3 Å². The molecule has 0 saturated carbocycles. The summed E-state index contributed by atoms with van der Waals surface area (Å²) in [7, 11) is 0. The number of hydrogen-bond donors (Lipinski definition) is 1. The predicted octanol–water partition coefficient (Wildman–Crippen LogP) is 3.89. The molecule has 7 heteroatoms. The summed E-state index contributed by atoms with van der Waals surface area (Å²) < 4.78 is 0. The summed E-state index contributed by atoms with van der Waals surface area (Å²) in [4.78, 5) is 28.4. The minimum atomic E-state index is 0.119. The van der Waals surface area contributed by atoms with E-state index < -0.39 is 0 Å². The van der Waals surface area contributed by atoms with E-state index in [1.807, 2.05) is 30.0 Å². The van der Waals surface area contributed by atoms with Gasteiger partial charge in [-0.25, -0.2) is 9.97 Å². The van der Waals surface area contributed by atoms with Crippen molar-refractivity contribution in [1.29, 1.82) is 0 Å². The molecule has 1 N–H and O–H groups in total. The first-order valence-corrected chi connectivity index (χ1v) is 11.5. The standard InChI is InChI=1S/C24H29N5OS/c1-17-18(2)31-24-22(17)23(26-19(3)27-24)25-16-21(30)29-14-12-28(13-15-29)11-7-10-20-8-5-4-6-9-20/h4-10H,11-16H2,1-3H3,(H,25,26,27)/b10-7+. The van der Waals surface area contributed by atoms with Crippen LogP contribution in [0, 0.1) is 20.8 Å². The van der Waals surface area contributed by atoms with Gasteiger partial charge in [-0.05, 0) is 31.9 Å². The average molecular weight is 436 g/mol. The number of carbonyl (C=O) groups excluding carboxylic acids is 1. The predicted molar refractivity (Wildman–Crippen MR) is 129 cm³/mol. The van der Waals surface area contributed by atoms with Gasteiger partial charge in [0.25, 0.3) is 0 Å². The maximum atomic E-state index is 12.8. The maximum Gasteiger partial charge on any atom is 0.242 e. The van der Waals surface area contributed by atoms with Crippen molar-refractivity contribution in [1.82, 2.24) is 19.8 Å². The molecular weight excluding hydrogens is 406 g/mol. The number of hydrogen-bond acceptors (Lipinski definition) is 6. The lowest BCUT2D eigenvalue weighted by molar-refractivity contribution is -0.130. The minimum Gasteiger partial charge on any atom is -0.360 e. The Morgan fingerprint density at radius 2 is 1.84 bits per heavy atom. The number of aromatic nitrogens is 2. The van der Waals surface area contributed by atoms with Crippen molar-refractivity contribution in [2.24, 2.45) is 0 Å². The van der Waals surface area contributed by atoms with Gasteiger partial charge in [0.05, 0.1) is 11.9 Å². The molecule has 1 amide bonds. The summed E-state index contributed by atoms with van der Waals surface area (Å²) in [5.74, 6) is 1.61. The second kappa shape index (κ2) is 9.58. The smallest absolute Gasteiger partial charge is 0.242 e. The highest BCUT2D eigenvalue weighted by atomic mass is 32.1. The Bertz CT molecular complexity index is 1080. The van der Waals surface area contributed by atoms with Gasteiger partial charge < -0.3 is 10.2 Å². The fourth-order valence-corrected chi connectivity index (χ4v) is 4.91. The van der Waals surface area contributed by atoms with Gasteiger partial charge in [-0.3, -0.25) is 9.69 Å². The molecule has 3 heterocycles. The SMILES string of the molecule is Cc1nc(NCC(=O)N2CCN(C/C=C/c3ccccc3)CC2)c2c(C)c(C)sc2n1. The molecule has 1 aliphatic rings. The van der Waals surface area contributed by atoms with Crippen LogP contribution in [0.25, 0.3) is 16.3 Å². The van der Waals surface area contributed by atoms with Crippen molar-refractivity contribution in [2.45, 2.75) is 20.8 Å². The molecule has 1 aliphatic heterocycles. The number of piperazine rings is 1. The molecule has 1 aromatic carbocycles. The molecule has 0 bridgehead atoms. The summed E-state index contributed by atoms with van der Waals surface area (Å²) >= 11 is 1.68. The van der Waals surface area contributed by atoms with Crippen molar-refractivity contribution < 1.29 is 4.79 Å². The summed E-state index contributed by atoms with van der Waals surface area (Å²) in [5.41, 5.74) is 2.40. The Labute approximate surface area is 187 Å². The van der Waals surface area contributed by atoms with E-state index in [1.165, 1.54) is 16.0 Å². The summed E-state index contributed by atoms with van der Waals surface area (Å²) in [6, 6.07) is 10.3. The van der Waals surface area contributed by atoms with Crippen LogP contribution in [0.2, 0.25) is 0 Å². The topological polar surface area (TPSA) is 61.4 Å². The molecule has 6 nitrogen and oxygen atoms in total. The molecule has 0 radical (unpaired) electrons. The van der Waals surface area contributed by atoms with Crippen LogP contribution >= 0.6 is 11.3 Å². The zero-order chi connectivity index (χ0) is 21.8. The molecule has 0 aliphatic carbocycles. The number of carbonyl (C=O) groups is 1. The van der Waals surface area contributed by atoms with Gasteiger partial charge in [-0.15, -0.1) is 11.3 Å². The Balaban J connectivity index is 1.29.